The van der Waals surface area contributed by atoms with Gasteiger partial charge in [-0.25, -0.2) is 4.98 Å². The van der Waals surface area contributed by atoms with E-state index in [-0.39, 0.29) is 5.56 Å². The molecule has 2 N–H and O–H groups in total. The van der Waals surface area contributed by atoms with E-state index < -0.39 is 0 Å². The summed E-state index contributed by atoms with van der Waals surface area (Å²) in [6.07, 6.45) is 3.84. The molecule has 0 saturated carbocycles. The summed E-state index contributed by atoms with van der Waals surface area (Å²) in [6, 6.07) is 3.64. The number of fused-ring (bicyclic) bond motifs is 1. The van der Waals surface area contributed by atoms with Gasteiger partial charge in [-0.2, -0.15) is 0 Å². The van der Waals surface area contributed by atoms with E-state index in [0.717, 1.165) is 34.4 Å². The number of aromatic nitrogens is 4. The van der Waals surface area contributed by atoms with Crippen molar-refractivity contribution in [3.63, 3.8) is 0 Å². The number of unbranched alkanes of at least 4 members (excludes halogenated alkanes) is 1. The van der Waals surface area contributed by atoms with Crippen LogP contribution < -0.4 is 10.9 Å². The first-order valence-electron chi connectivity index (χ1n) is 8.49. The van der Waals surface area contributed by atoms with Crippen molar-refractivity contribution in [1.29, 1.82) is 0 Å². The third-order valence-electron chi connectivity index (χ3n) is 3.83. The van der Waals surface area contributed by atoms with Crippen LogP contribution in [0.3, 0.4) is 0 Å². The molecule has 4 rings (SSSR count). The second-order valence-electron chi connectivity index (χ2n) is 5.76. The number of thiophene rings is 1. The van der Waals surface area contributed by atoms with Crippen molar-refractivity contribution >= 4 is 49.8 Å². The first-order chi connectivity index (χ1) is 13.2. The van der Waals surface area contributed by atoms with Crippen LogP contribution in [0.4, 0.5) is 5.13 Å². The molecule has 0 saturated heterocycles. The van der Waals surface area contributed by atoms with E-state index in [1.807, 2.05) is 11.4 Å². The Balaban J connectivity index is 1.48. The molecule has 0 aliphatic heterocycles. The highest BCUT2D eigenvalue weighted by atomic mass is 32.2. The molecule has 140 valence electrons. The van der Waals surface area contributed by atoms with Gasteiger partial charge < -0.3 is 14.7 Å². The quantitative estimate of drug-likeness (QED) is 0.318. The number of furan rings is 1. The third-order valence-corrected chi connectivity index (χ3v) is 6.72. The molecule has 0 aliphatic carbocycles. The highest BCUT2D eigenvalue weighted by Gasteiger charge is 2.15. The largest absolute Gasteiger partial charge is 0.464 e. The van der Waals surface area contributed by atoms with Gasteiger partial charge in [0.05, 0.1) is 17.4 Å². The highest BCUT2D eigenvalue weighted by Crippen LogP contribution is 2.32. The van der Waals surface area contributed by atoms with Crippen LogP contribution in [-0.2, 0) is 5.75 Å². The normalized spacial score (nSPS) is 11.3. The second kappa shape index (κ2) is 8.24. The Bertz CT molecular complexity index is 1080. The second-order valence-corrected chi connectivity index (χ2v) is 8.82. The van der Waals surface area contributed by atoms with Gasteiger partial charge in [-0.15, -0.1) is 21.5 Å². The number of aromatic amines is 1. The number of hydrogen-bond donors (Lipinski definition) is 2. The zero-order valence-electron chi connectivity index (χ0n) is 14.5. The maximum Gasteiger partial charge on any atom is 0.260 e. The number of nitrogens with one attached hydrogen (secondary N) is 2. The zero-order chi connectivity index (χ0) is 18.6. The lowest BCUT2D eigenvalue weighted by Gasteiger charge is -2.00. The van der Waals surface area contributed by atoms with Crippen molar-refractivity contribution in [3.05, 3.63) is 40.0 Å². The molecule has 10 heteroatoms. The Morgan fingerprint density at radius 2 is 2.30 bits per heavy atom. The minimum atomic E-state index is -0.151. The fourth-order valence-corrected chi connectivity index (χ4v) is 5.11. The molecule has 0 aliphatic rings. The number of anilines is 1. The summed E-state index contributed by atoms with van der Waals surface area (Å²) in [5.74, 6) is 1.83. The van der Waals surface area contributed by atoms with Gasteiger partial charge in [0.2, 0.25) is 5.13 Å². The lowest BCUT2D eigenvalue weighted by atomic mass is 10.2. The Morgan fingerprint density at radius 1 is 1.37 bits per heavy atom. The molecule has 0 atom stereocenters. The molecule has 7 nitrogen and oxygen atoms in total. The summed E-state index contributed by atoms with van der Waals surface area (Å²) in [5.41, 5.74) is 0.627. The van der Waals surface area contributed by atoms with E-state index in [1.165, 1.54) is 34.4 Å². The van der Waals surface area contributed by atoms with Crippen molar-refractivity contribution in [2.75, 3.05) is 11.9 Å². The molecule has 4 aromatic rings. The van der Waals surface area contributed by atoms with Crippen molar-refractivity contribution in [1.82, 2.24) is 20.2 Å². The van der Waals surface area contributed by atoms with E-state index in [4.69, 9.17) is 4.42 Å². The van der Waals surface area contributed by atoms with Crippen molar-refractivity contribution in [3.8, 4) is 11.3 Å². The molecule has 4 heterocycles. The van der Waals surface area contributed by atoms with Gasteiger partial charge in [0.25, 0.3) is 5.56 Å². The fourth-order valence-electron chi connectivity index (χ4n) is 2.52. The van der Waals surface area contributed by atoms with Gasteiger partial charge in [-0.05, 0) is 18.6 Å². The Kier molecular flexibility index (Phi) is 5.55. The lowest BCUT2D eigenvalue weighted by molar-refractivity contribution is 0.583. The number of rotatable bonds is 8. The average molecular weight is 420 g/mol. The average Bonchev–Trinajstić information content (AvgIpc) is 3.40. The van der Waals surface area contributed by atoms with Gasteiger partial charge in [0.15, 0.2) is 4.34 Å². The van der Waals surface area contributed by atoms with Crippen LogP contribution in [0.1, 0.15) is 25.6 Å². The molecule has 0 radical (unpaired) electrons. The van der Waals surface area contributed by atoms with E-state index in [2.05, 4.69) is 32.4 Å². The highest BCUT2D eigenvalue weighted by molar-refractivity contribution is 8.00. The summed E-state index contributed by atoms with van der Waals surface area (Å²) >= 11 is 4.47. The van der Waals surface area contributed by atoms with Crippen LogP contribution in [0.5, 0.6) is 0 Å². The molecule has 0 aromatic carbocycles. The van der Waals surface area contributed by atoms with Gasteiger partial charge in [-0.1, -0.05) is 36.4 Å². The smallest absolute Gasteiger partial charge is 0.260 e. The standard InChI is InChI=1S/C17H17N5O2S3/c1-2-3-6-18-16-21-22-17(27-16)26-9-12-19-14(23)13-10(8-25-15(13)20-12)11-5-4-7-24-11/h4-5,7-8H,2-3,6,9H2,1H3,(H,18,21)(H,19,20,23). The van der Waals surface area contributed by atoms with Gasteiger partial charge in [0, 0.05) is 17.5 Å². The van der Waals surface area contributed by atoms with Crippen LogP contribution in [0, 0.1) is 0 Å². The molecule has 0 bridgehead atoms. The van der Waals surface area contributed by atoms with Gasteiger partial charge in [0.1, 0.15) is 16.4 Å². The molecule has 4 aromatic heterocycles. The minimum Gasteiger partial charge on any atom is -0.464 e. The fraction of sp³-hybridized carbons (Fsp3) is 0.294. The van der Waals surface area contributed by atoms with Crippen molar-refractivity contribution in [2.45, 2.75) is 29.9 Å². The molecule has 0 amide bonds. The number of hydrogen-bond acceptors (Lipinski definition) is 9. The van der Waals surface area contributed by atoms with Crippen molar-refractivity contribution in [2.24, 2.45) is 0 Å². The molecule has 0 spiro atoms. The number of H-pyrrole nitrogens is 1. The zero-order valence-corrected chi connectivity index (χ0v) is 17.0. The molecular weight excluding hydrogens is 402 g/mol. The SMILES string of the molecule is CCCCNc1nnc(SCc2nc3scc(-c4ccco4)c3c(=O)[nH]2)s1. The van der Waals surface area contributed by atoms with Gasteiger partial charge in [-0.3, -0.25) is 4.79 Å². The van der Waals surface area contributed by atoms with E-state index in [9.17, 15) is 4.79 Å². The summed E-state index contributed by atoms with van der Waals surface area (Å²) in [5, 5.41) is 14.9. The predicted molar refractivity (Wildman–Crippen MR) is 111 cm³/mol. The molecule has 0 fully saturated rings. The van der Waals surface area contributed by atoms with Crippen molar-refractivity contribution < 1.29 is 4.42 Å². The molecular formula is C17H17N5O2S3. The topological polar surface area (TPSA) is 96.7 Å². The van der Waals surface area contributed by atoms with Crippen LogP contribution in [0.2, 0.25) is 0 Å². The number of thioether (sulfide) groups is 1. The minimum absolute atomic E-state index is 0.151. The number of nitrogens with zero attached hydrogens (tertiary/aromatic N) is 3. The molecule has 0 unspecified atom stereocenters. The monoisotopic (exact) mass is 419 g/mol. The first-order valence-corrected chi connectivity index (χ1v) is 11.2. The Labute approximate surface area is 167 Å². The van der Waals surface area contributed by atoms with Crippen LogP contribution in [-0.4, -0.2) is 26.7 Å². The Morgan fingerprint density at radius 3 is 3.11 bits per heavy atom. The maximum absolute atomic E-state index is 12.6. The van der Waals surface area contributed by atoms with E-state index in [0.29, 0.717) is 27.6 Å². The third kappa shape index (κ3) is 4.07. The summed E-state index contributed by atoms with van der Waals surface area (Å²) in [7, 11) is 0. The molecule has 27 heavy (non-hydrogen) atoms. The van der Waals surface area contributed by atoms with E-state index in [1.54, 1.807) is 12.3 Å². The van der Waals surface area contributed by atoms with Crippen LogP contribution in [0.25, 0.3) is 21.5 Å². The van der Waals surface area contributed by atoms with E-state index >= 15 is 0 Å². The van der Waals surface area contributed by atoms with Crippen LogP contribution >= 0.6 is 34.4 Å². The Hall–Kier alpha value is -2.17. The predicted octanol–water partition coefficient (Wildman–Crippen LogP) is 4.60. The first kappa shape index (κ1) is 18.2. The van der Waals surface area contributed by atoms with Gasteiger partial charge >= 0.3 is 0 Å². The van der Waals surface area contributed by atoms with Crippen LogP contribution in [0.15, 0.2) is 37.3 Å². The lowest BCUT2D eigenvalue weighted by Crippen LogP contribution is -2.10. The maximum atomic E-state index is 12.6. The summed E-state index contributed by atoms with van der Waals surface area (Å²) in [6.45, 7) is 3.05. The summed E-state index contributed by atoms with van der Waals surface area (Å²) < 4.78 is 6.26. The summed E-state index contributed by atoms with van der Waals surface area (Å²) in [4.78, 5) is 20.7.